The molecule has 2 aliphatic heterocycles. The van der Waals surface area contributed by atoms with E-state index in [4.69, 9.17) is 14.2 Å². The Morgan fingerprint density at radius 1 is 0.420 bits per heavy atom. The van der Waals surface area contributed by atoms with Crippen LogP contribution in [0.4, 0.5) is 0 Å². The number of rotatable bonds is 0. The van der Waals surface area contributed by atoms with Crippen LogP contribution in [0.5, 0.6) is 0 Å². The zero-order valence-electron chi connectivity index (χ0n) is 33.7. The fraction of sp³-hybridized carbons (Fsp3) is 0.702. The van der Waals surface area contributed by atoms with Crippen molar-refractivity contribution in [3.63, 3.8) is 0 Å². The van der Waals surface area contributed by atoms with E-state index < -0.39 is 0 Å². The lowest BCUT2D eigenvalue weighted by molar-refractivity contribution is -0.187. The summed E-state index contributed by atoms with van der Waals surface area (Å²) >= 11 is 0. The average Bonchev–Trinajstić information content (AvgIpc) is 3.93. The van der Waals surface area contributed by atoms with Crippen LogP contribution in [0.3, 0.4) is 0 Å². The van der Waals surface area contributed by atoms with Crippen molar-refractivity contribution in [3.8, 4) is 0 Å². The number of allylic oxidation sites excluding steroid dienone is 2. The number of ether oxygens (including phenoxy) is 3. The Hall–Kier alpha value is -1.94. The standard InChI is InChI=1S/C13H16.C13H14.C8H16.C7H14O.C6H12O2/c2*1-8-3-4-9(2)13-11-6-5-10(7-11)12(8)13;1-7-3-5-8(2)6-4-7;1-6-3-4-7(2)8-5-6;1-5-3-7-6(2)8-4-5/h3-4,10-11H,5-7H2,1-2H3;3-6,10-11H,7H2,1-2H3;7-8H,3-6H2,1-2H3;6-7H,3-5H2,1-2H3;5-6H,3-4H2,1-2H3. The van der Waals surface area contributed by atoms with Crippen molar-refractivity contribution in [2.24, 2.45) is 23.7 Å². The van der Waals surface area contributed by atoms with Crippen LogP contribution in [0.15, 0.2) is 36.4 Å². The van der Waals surface area contributed by atoms with Crippen LogP contribution < -0.4 is 0 Å². The summed E-state index contributed by atoms with van der Waals surface area (Å²) in [7, 11) is 0. The lowest BCUT2D eigenvalue weighted by atomic mass is 9.84. The van der Waals surface area contributed by atoms with E-state index >= 15 is 0 Å². The minimum atomic E-state index is 0.0196. The van der Waals surface area contributed by atoms with Crippen LogP contribution in [-0.4, -0.2) is 32.2 Å². The van der Waals surface area contributed by atoms with Crippen molar-refractivity contribution in [1.82, 2.24) is 0 Å². The minimum Gasteiger partial charge on any atom is -0.378 e. The van der Waals surface area contributed by atoms with Gasteiger partial charge in [0.1, 0.15) is 0 Å². The highest BCUT2D eigenvalue weighted by atomic mass is 16.7. The van der Waals surface area contributed by atoms with Gasteiger partial charge in [0.2, 0.25) is 0 Å². The average molecular weight is 685 g/mol. The van der Waals surface area contributed by atoms with Crippen LogP contribution in [0.25, 0.3) is 0 Å². The number of hydrogen-bond donors (Lipinski definition) is 0. The van der Waals surface area contributed by atoms with Gasteiger partial charge in [0, 0.05) is 24.4 Å². The molecule has 50 heavy (non-hydrogen) atoms. The fourth-order valence-corrected chi connectivity index (χ4v) is 9.55. The van der Waals surface area contributed by atoms with Gasteiger partial charge in [0.25, 0.3) is 0 Å². The van der Waals surface area contributed by atoms with Gasteiger partial charge in [-0.05, 0) is 154 Å². The zero-order chi connectivity index (χ0) is 35.9. The Balaban J connectivity index is 0.000000124. The lowest BCUT2D eigenvalue weighted by Crippen LogP contribution is -2.27. The molecule has 0 amide bonds. The van der Waals surface area contributed by atoms with Gasteiger partial charge >= 0.3 is 0 Å². The number of benzene rings is 2. The Morgan fingerprint density at radius 2 is 0.820 bits per heavy atom. The second-order valence-corrected chi connectivity index (χ2v) is 17.6. The molecule has 4 fully saturated rings. The van der Waals surface area contributed by atoms with Crippen molar-refractivity contribution in [2.45, 2.75) is 170 Å². The normalized spacial score (nSPS) is 34.0. The van der Waals surface area contributed by atoms with Crippen molar-refractivity contribution in [1.29, 1.82) is 0 Å². The third-order valence-corrected chi connectivity index (χ3v) is 12.8. The lowest BCUT2D eigenvalue weighted by Gasteiger charge is -2.24. The summed E-state index contributed by atoms with van der Waals surface area (Å²) in [6.45, 7) is 24.9. The van der Waals surface area contributed by atoms with E-state index in [0.29, 0.717) is 12.0 Å². The van der Waals surface area contributed by atoms with E-state index in [-0.39, 0.29) is 6.29 Å². The van der Waals surface area contributed by atoms with Crippen LogP contribution in [0.2, 0.25) is 0 Å². The maximum absolute atomic E-state index is 5.39. The van der Waals surface area contributed by atoms with Gasteiger partial charge in [0.15, 0.2) is 6.29 Å². The SMILES string of the molecule is CC1CCC(C)CC1.CC1CCC(C)OC1.CC1COC(C)OC1.Cc1ccc(C)c2c1C1C=CC2C1.Cc1ccc(C)c2c1C1CCC2C1. The first kappa shape index (κ1) is 39.3. The molecule has 9 rings (SSSR count). The highest BCUT2D eigenvalue weighted by Crippen LogP contribution is 2.55. The van der Waals surface area contributed by atoms with E-state index in [2.05, 4.69) is 98.7 Å². The first-order valence-electron chi connectivity index (χ1n) is 20.6. The highest BCUT2D eigenvalue weighted by Gasteiger charge is 2.38. The first-order chi connectivity index (χ1) is 23.9. The van der Waals surface area contributed by atoms with Gasteiger partial charge in [-0.3, -0.25) is 0 Å². The van der Waals surface area contributed by atoms with Gasteiger partial charge in [-0.15, -0.1) is 0 Å². The monoisotopic (exact) mass is 685 g/mol. The molecule has 0 N–H and O–H groups in total. The Kier molecular flexibility index (Phi) is 14.3. The summed E-state index contributed by atoms with van der Waals surface area (Å²) in [5.41, 5.74) is 12.7. The van der Waals surface area contributed by atoms with Crippen molar-refractivity contribution in [3.05, 3.63) is 80.9 Å². The molecule has 2 saturated carbocycles. The summed E-state index contributed by atoms with van der Waals surface area (Å²) in [5, 5.41) is 0. The highest BCUT2D eigenvalue weighted by molar-refractivity contribution is 5.54. The maximum atomic E-state index is 5.39. The molecule has 2 saturated heterocycles. The molecule has 2 aromatic carbocycles. The summed E-state index contributed by atoms with van der Waals surface area (Å²) in [6, 6.07) is 9.13. The number of hydrogen-bond acceptors (Lipinski definition) is 3. The third-order valence-electron chi connectivity index (χ3n) is 12.8. The second-order valence-electron chi connectivity index (χ2n) is 17.6. The molecule has 6 unspecified atom stereocenters. The van der Waals surface area contributed by atoms with E-state index in [1.807, 2.05) is 6.92 Å². The van der Waals surface area contributed by atoms with Crippen LogP contribution in [-0.2, 0) is 14.2 Å². The molecule has 3 heteroatoms. The van der Waals surface area contributed by atoms with Crippen LogP contribution in [0.1, 0.15) is 174 Å². The van der Waals surface area contributed by atoms with Crippen molar-refractivity contribution in [2.75, 3.05) is 19.8 Å². The van der Waals surface area contributed by atoms with Crippen LogP contribution in [0, 0.1) is 51.4 Å². The van der Waals surface area contributed by atoms with Gasteiger partial charge < -0.3 is 14.2 Å². The zero-order valence-corrected chi connectivity index (χ0v) is 33.7. The second kappa shape index (κ2) is 18.2. The Bertz CT molecular complexity index is 1230. The van der Waals surface area contributed by atoms with E-state index in [0.717, 1.165) is 61.2 Å². The molecule has 0 spiro atoms. The summed E-state index contributed by atoms with van der Waals surface area (Å²) in [5.74, 6) is 6.72. The van der Waals surface area contributed by atoms with Crippen LogP contribution >= 0.6 is 0 Å². The van der Waals surface area contributed by atoms with Gasteiger partial charge in [0.05, 0.1) is 19.3 Å². The molecule has 7 aliphatic rings. The largest absolute Gasteiger partial charge is 0.378 e. The minimum absolute atomic E-state index is 0.0196. The maximum Gasteiger partial charge on any atom is 0.154 e. The molecule has 0 radical (unpaired) electrons. The van der Waals surface area contributed by atoms with E-state index in [1.54, 1.807) is 22.3 Å². The fourth-order valence-electron chi connectivity index (χ4n) is 9.55. The Labute approximate surface area is 307 Å². The molecular formula is C47H72O3. The molecule has 278 valence electrons. The first-order valence-corrected chi connectivity index (χ1v) is 20.6. The summed E-state index contributed by atoms with van der Waals surface area (Å²) in [6.07, 6.45) is 19.5. The molecule has 4 bridgehead atoms. The van der Waals surface area contributed by atoms with Crippen molar-refractivity contribution >= 4 is 0 Å². The predicted octanol–water partition coefficient (Wildman–Crippen LogP) is 12.8. The van der Waals surface area contributed by atoms with Gasteiger partial charge in [-0.1, -0.05) is 89.8 Å². The molecule has 2 aromatic rings. The predicted molar refractivity (Wildman–Crippen MR) is 212 cm³/mol. The quantitative estimate of drug-likeness (QED) is 0.259. The summed E-state index contributed by atoms with van der Waals surface area (Å²) in [4.78, 5) is 0. The molecule has 6 atom stereocenters. The number of fused-ring (bicyclic) bond motifs is 10. The smallest absolute Gasteiger partial charge is 0.154 e. The molecule has 0 aromatic heterocycles. The number of aryl methyl sites for hydroxylation is 4. The van der Waals surface area contributed by atoms with Crippen molar-refractivity contribution < 1.29 is 14.2 Å². The molecule has 3 nitrogen and oxygen atoms in total. The summed E-state index contributed by atoms with van der Waals surface area (Å²) < 4.78 is 15.7. The molecule has 2 heterocycles. The molecule has 5 aliphatic carbocycles. The molecular weight excluding hydrogens is 613 g/mol. The Morgan fingerprint density at radius 3 is 1.20 bits per heavy atom. The van der Waals surface area contributed by atoms with Gasteiger partial charge in [-0.25, -0.2) is 0 Å². The van der Waals surface area contributed by atoms with Gasteiger partial charge in [-0.2, -0.15) is 0 Å². The van der Waals surface area contributed by atoms with E-state index in [1.165, 1.54) is 86.5 Å². The topological polar surface area (TPSA) is 27.7 Å². The van der Waals surface area contributed by atoms with E-state index in [9.17, 15) is 0 Å². The third kappa shape index (κ3) is 10.1.